The van der Waals surface area contributed by atoms with E-state index in [4.69, 9.17) is 10.8 Å². The van der Waals surface area contributed by atoms with Gasteiger partial charge in [-0.1, -0.05) is 23.2 Å². The van der Waals surface area contributed by atoms with E-state index in [-0.39, 0.29) is 13.2 Å². The number of carbonyl (C=O) groups excluding carboxylic acids is 1. The van der Waals surface area contributed by atoms with Crippen molar-refractivity contribution in [3.8, 4) is 17.0 Å². The van der Waals surface area contributed by atoms with Gasteiger partial charge in [-0.3, -0.25) is 0 Å². The van der Waals surface area contributed by atoms with Crippen LogP contribution in [0.4, 0.5) is 4.79 Å². The standard InChI is InChI=1S/C12H12N4O3S/c13-11(18)19-8-10-6-14-12(20-10)16-7-9(5-15-16)3-1-2-4-17/h5-7,17H,2,4,8H2,(H2,13,18). The topological polar surface area (TPSA) is 103 Å². The quantitative estimate of drug-likeness (QED) is 0.806. The number of carbonyl (C=O) groups is 1. The van der Waals surface area contributed by atoms with E-state index < -0.39 is 6.09 Å². The molecule has 8 heteroatoms. The number of ether oxygens (including phenoxy) is 1. The van der Waals surface area contributed by atoms with E-state index in [1.54, 1.807) is 23.3 Å². The van der Waals surface area contributed by atoms with E-state index in [0.29, 0.717) is 11.6 Å². The molecule has 0 fully saturated rings. The highest BCUT2D eigenvalue weighted by Gasteiger charge is 2.07. The number of hydrogen-bond donors (Lipinski definition) is 2. The van der Waals surface area contributed by atoms with Crippen LogP contribution in [0.25, 0.3) is 5.13 Å². The van der Waals surface area contributed by atoms with Gasteiger partial charge in [0.25, 0.3) is 0 Å². The Labute approximate surface area is 119 Å². The van der Waals surface area contributed by atoms with E-state index >= 15 is 0 Å². The predicted octanol–water partition coefficient (Wildman–Crippen LogP) is 0.658. The maximum absolute atomic E-state index is 10.5. The lowest BCUT2D eigenvalue weighted by atomic mass is 10.3. The fraction of sp³-hybridized carbons (Fsp3) is 0.250. The van der Waals surface area contributed by atoms with Gasteiger partial charge in [0.2, 0.25) is 5.13 Å². The SMILES string of the molecule is NC(=O)OCc1cnc(-n2cc(C#CCCO)cn2)s1. The minimum absolute atomic E-state index is 0.0385. The minimum Gasteiger partial charge on any atom is -0.444 e. The number of nitrogens with zero attached hydrogens (tertiary/aromatic N) is 3. The average Bonchev–Trinajstić information content (AvgIpc) is 3.05. The van der Waals surface area contributed by atoms with Crippen LogP contribution in [-0.4, -0.2) is 32.6 Å². The van der Waals surface area contributed by atoms with Crippen LogP contribution in [-0.2, 0) is 11.3 Å². The third-order valence-electron chi connectivity index (χ3n) is 2.15. The molecule has 0 spiro atoms. The van der Waals surface area contributed by atoms with Crippen molar-refractivity contribution in [2.75, 3.05) is 6.61 Å². The summed E-state index contributed by atoms with van der Waals surface area (Å²) in [4.78, 5) is 15.5. The van der Waals surface area contributed by atoms with Gasteiger partial charge in [-0.15, -0.1) is 0 Å². The number of aliphatic hydroxyl groups is 1. The maximum Gasteiger partial charge on any atom is 0.404 e. The Morgan fingerprint density at radius 2 is 2.40 bits per heavy atom. The fourth-order valence-corrected chi connectivity index (χ4v) is 2.08. The van der Waals surface area contributed by atoms with Crippen LogP contribution in [0.2, 0.25) is 0 Å². The highest BCUT2D eigenvalue weighted by molar-refractivity contribution is 7.14. The van der Waals surface area contributed by atoms with Gasteiger partial charge in [0.05, 0.1) is 23.2 Å². The van der Waals surface area contributed by atoms with Crippen molar-refractivity contribution in [2.24, 2.45) is 5.73 Å². The molecule has 2 rings (SSSR count). The summed E-state index contributed by atoms with van der Waals surface area (Å²) < 4.78 is 6.27. The third-order valence-corrected chi connectivity index (χ3v) is 3.11. The molecule has 104 valence electrons. The van der Waals surface area contributed by atoms with Gasteiger partial charge < -0.3 is 15.6 Å². The number of rotatable bonds is 4. The molecule has 2 aromatic heterocycles. The van der Waals surface area contributed by atoms with Gasteiger partial charge >= 0.3 is 6.09 Å². The van der Waals surface area contributed by atoms with E-state index in [9.17, 15) is 4.79 Å². The van der Waals surface area contributed by atoms with Crippen molar-refractivity contribution >= 4 is 17.4 Å². The molecule has 0 radical (unpaired) electrons. The Bertz CT molecular complexity index is 653. The summed E-state index contributed by atoms with van der Waals surface area (Å²) in [5, 5.41) is 13.4. The number of hydrogen-bond acceptors (Lipinski definition) is 6. The second kappa shape index (κ2) is 6.70. The fourth-order valence-electron chi connectivity index (χ4n) is 1.32. The van der Waals surface area contributed by atoms with Crippen LogP contribution in [0.15, 0.2) is 18.6 Å². The summed E-state index contributed by atoms with van der Waals surface area (Å²) in [6, 6.07) is 0. The van der Waals surface area contributed by atoms with Crippen LogP contribution < -0.4 is 5.73 Å². The molecule has 0 aliphatic rings. The van der Waals surface area contributed by atoms with Gasteiger partial charge in [0, 0.05) is 18.8 Å². The van der Waals surface area contributed by atoms with E-state index in [1.165, 1.54) is 11.3 Å². The molecule has 0 aliphatic carbocycles. The molecule has 0 unspecified atom stereocenters. The normalized spacial score (nSPS) is 9.85. The van der Waals surface area contributed by atoms with Crippen molar-refractivity contribution in [3.63, 3.8) is 0 Å². The smallest absolute Gasteiger partial charge is 0.404 e. The minimum atomic E-state index is -0.819. The first-order valence-electron chi connectivity index (χ1n) is 5.71. The van der Waals surface area contributed by atoms with Crippen molar-refractivity contribution in [3.05, 3.63) is 29.0 Å². The first-order valence-corrected chi connectivity index (χ1v) is 6.52. The summed E-state index contributed by atoms with van der Waals surface area (Å²) in [5.41, 5.74) is 5.63. The molecule has 1 amide bonds. The zero-order valence-electron chi connectivity index (χ0n) is 10.4. The van der Waals surface area contributed by atoms with Crippen LogP contribution in [0.1, 0.15) is 16.9 Å². The van der Waals surface area contributed by atoms with Crippen LogP contribution in [0, 0.1) is 11.8 Å². The maximum atomic E-state index is 10.5. The molecule has 0 aromatic carbocycles. The zero-order chi connectivity index (χ0) is 14.4. The number of primary amides is 1. The molecule has 3 N–H and O–H groups in total. The molecule has 7 nitrogen and oxygen atoms in total. The number of aliphatic hydroxyl groups excluding tert-OH is 1. The Balaban J connectivity index is 2.05. The highest BCUT2D eigenvalue weighted by Crippen LogP contribution is 2.17. The monoisotopic (exact) mass is 292 g/mol. The van der Waals surface area contributed by atoms with Gasteiger partial charge in [-0.2, -0.15) is 5.10 Å². The van der Waals surface area contributed by atoms with E-state index in [2.05, 4.69) is 26.7 Å². The summed E-state index contributed by atoms with van der Waals surface area (Å²) in [6.45, 7) is 0.133. The van der Waals surface area contributed by atoms with Crippen molar-refractivity contribution in [2.45, 2.75) is 13.0 Å². The molecule has 0 saturated carbocycles. The molecular weight excluding hydrogens is 280 g/mol. The zero-order valence-corrected chi connectivity index (χ0v) is 11.3. The molecule has 2 aromatic rings. The van der Waals surface area contributed by atoms with Crippen LogP contribution in [0.3, 0.4) is 0 Å². The highest BCUT2D eigenvalue weighted by atomic mass is 32.1. The van der Waals surface area contributed by atoms with Gasteiger partial charge in [0.15, 0.2) is 0 Å². The van der Waals surface area contributed by atoms with Crippen LogP contribution in [0.5, 0.6) is 0 Å². The van der Waals surface area contributed by atoms with E-state index in [0.717, 1.165) is 10.4 Å². The Morgan fingerprint density at radius 3 is 3.15 bits per heavy atom. The van der Waals surface area contributed by atoms with Crippen molar-refractivity contribution < 1.29 is 14.6 Å². The molecule has 0 saturated heterocycles. The Hall–Kier alpha value is -2.37. The number of nitrogens with two attached hydrogens (primary N) is 1. The molecule has 0 aliphatic heterocycles. The van der Waals surface area contributed by atoms with Crippen molar-refractivity contribution in [1.29, 1.82) is 0 Å². The summed E-state index contributed by atoms with van der Waals surface area (Å²) in [7, 11) is 0. The second-order valence-electron chi connectivity index (χ2n) is 3.67. The van der Waals surface area contributed by atoms with Crippen LogP contribution >= 0.6 is 11.3 Å². The predicted molar refractivity (Wildman–Crippen MR) is 72.2 cm³/mol. The summed E-state index contributed by atoms with van der Waals surface area (Å²) >= 11 is 1.34. The molecule has 2 heterocycles. The Morgan fingerprint density at radius 1 is 1.55 bits per heavy atom. The number of amides is 1. The Kier molecular flexibility index (Phi) is 4.70. The number of thiazole rings is 1. The first kappa shape index (κ1) is 14.0. The number of aromatic nitrogens is 3. The lowest BCUT2D eigenvalue weighted by molar-refractivity contribution is 0.151. The summed E-state index contributed by atoms with van der Waals surface area (Å²) in [6.07, 6.45) is 4.56. The van der Waals surface area contributed by atoms with Gasteiger partial charge in [-0.25, -0.2) is 14.5 Å². The van der Waals surface area contributed by atoms with E-state index in [1.807, 2.05) is 0 Å². The van der Waals surface area contributed by atoms with Gasteiger partial charge in [0.1, 0.15) is 6.61 Å². The largest absolute Gasteiger partial charge is 0.444 e. The molecule has 0 bridgehead atoms. The first-order chi connectivity index (χ1) is 9.69. The molecule has 20 heavy (non-hydrogen) atoms. The lowest BCUT2D eigenvalue weighted by Gasteiger charge is -1.96. The average molecular weight is 292 g/mol. The lowest BCUT2D eigenvalue weighted by Crippen LogP contribution is -2.12. The summed E-state index contributed by atoms with van der Waals surface area (Å²) in [5.74, 6) is 5.69. The molecule has 0 atom stereocenters. The van der Waals surface area contributed by atoms with Gasteiger partial charge in [-0.05, 0) is 0 Å². The molecular formula is C12H12N4O3S. The van der Waals surface area contributed by atoms with Crippen molar-refractivity contribution in [1.82, 2.24) is 14.8 Å². The third kappa shape index (κ3) is 3.81. The second-order valence-corrected chi connectivity index (χ2v) is 4.76.